The Kier molecular flexibility index (Phi) is 8.50. The fourth-order valence-corrected chi connectivity index (χ4v) is 3.77. The van der Waals surface area contributed by atoms with Gasteiger partial charge in [0.15, 0.2) is 0 Å². The average Bonchev–Trinajstić information content (AvgIpc) is 2.93. The van der Waals surface area contributed by atoms with Gasteiger partial charge in [-0.25, -0.2) is 0 Å². The number of β-amino-alcohol motifs (C(OH)–C–C–N with tert-alkyl or cyclic N) is 1. The lowest BCUT2D eigenvalue weighted by Crippen LogP contribution is -2.51. The molecule has 1 fully saturated rings. The lowest BCUT2D eigenvalue weighted by Gasteiger charge is -2.32. The molecule has 1 atom stereocenters. The maximum atomic E-state index is 12.1. The van der Waals surface area contributed by atoms with Crippen LogP contribution in [-0.2, 0) is 11.3 Å². The Balaban J connectivity index is 1.63. The average molecular weight is 442 g/mol. The third-order valence-electron chi connectivity index (χ3n) is 5.52. The second kappa shape index (κ2) is 11.3. The van der Waals surface area contributed by atoms with E-state index in [9.17, 15) is 9.90 Å². The molecular formula is C25H35N3O4. The molecular weight excluding hydrogens is 406 g/mol. The number of para-hydroxylation sites is 1. The third-order valence-corrected chi connectivity index (χ3v) is 5.52. The Labute approximate surface area is 191 Å². The molecule has 2 aromatic carbocycles. The quantitative estimate of drug-likeness (QED) is 0.643. The van der Waals surface area contributed by atoms with Gasteiger partial charge in [0, 0.05) is 39.6 Å². The van der Waals surface area contributed by atoms with E-state index in [1.165, 1.54) is 0 Å². The summed E-state index contributed by atoms with van der Waals surface area (Å²) in [4.78, 5) is 18.1. The van der Waals surface area contributed by atoms with Crippen LogP contribution < -0.4 is 9.47 Å². The summed E-state index contributed by atoms with van der Waals surface area (Å²) in [5.74, 6) is 1.52. The molecule has 1 heterocycles. The first-order valence-corrected chi connectivity index (χ1v) is 11.1. The molecule has 0 saturated carbocycles. The zero-order chi connectivity index (χ0) is 23.0. The number of amides is 1. The van der Waals surface area contributed by atoms with E-state index in [0.717, 1.165) is 17.9 Å². The molecule has 1 saturated heterocycles. The Morgan fingerprint density at radius 3 is 2.34 bits per heavy atom. The second-order valence-corrected chi connectivity index (χ2v) is 8.77. The molecule has 0 spiro atoms. The van der Waals surface area contributed by atoms with Crippen molar-refractivity contribution in [3.8, 4) is 11.5 Å². The van der Waals surface area contributed by atoms with Crippen molar-refractivity contribution < 1.29 is 19.4 Å². The van der Waals surface area contributed by atoms with Crippen LogP contribution in [-0.4, -0.2) is 91.3 Å². The van der Waals surface area contributed by atoms with Gasteiger partial charge in [-0.3, -0.25) is 9.69 Å². The molecule has 0 bridgehead atoms. The maximum absolute atomic E-state index is 12.1. The molecule has 0 aromatic heterocycles. The van der Waals surface area contributed by atoms with Crippen LogP contribution in [0.2, 0.25) is 0 Å². The molecule has 32 heavy (non-hydrogen) atoms. The number of rotatable bonds is 9. The van der Waals surface area contributed by atoms with Crippen molar-refractivity contribution >= 4 is 5.91 Å². The largest absolute Gasteiger partial charge is 0.492 e. The molecule has 1 N–H and O–H groups in total. The zero-order valence-corrected chi connectivity index (χ0v) is 19.4. The van der Waals surface area contributed by atoms with Crippen molar-refractivity contribution in [3.63, 3.8) is 0 Å². The highest BCUT2D eigenvalue weighted by atomic mass is 16.5. The van der Waals surface area contributed by atoms with Crippen LogP contribution in [0.5, 0.6) is 11.5 Å². The maximum Gasteiger partial charge on any atom is 0.219 e. The molecule has 0 radical (unpaired) electrons. The van der Waals surface area contributed by atoms with Crippen molar-refractivity contribution in [2.75, 3.05) is 60.0 Å². The number of carbonyl (C=O) groups excluding carboxylic acids is 1. The summed E-state index contributed by atoms with van der Waals surface area (Å²) in [7, 11) is 4.04. The number of aliphatic hydroxyl groups is 1. The van der Waals surface area contributed by atoms with E-state index in [-0.39, 0.29) is 19.1 Å². The molecule has 1 aliphatic rings. The summed E-state index contributed by atoms with van der Waals surface area (Å²) < 4.78 is 11.6. The van der Waals surface area contributed by atoms with Gasteiger partial charge in [-0.15, -0.1) is 0 Å². The predicted octanol–water partition coefficient (Wildman–Crippen LogP) is 2.10. The Morgan fingerprint density at radius 1 is 1.00 bits per heavy atom. The van der Waals surface area contributed by atoms with E-state index in [1.54, 1.807) is 11.8 Å². The monoisotopic (exact) mass is 441 g/mol. The summed E-state index contributed by atoms with van der Waals surface area (Å²) in [6, 6.07) is 17.5. The zero-order valence-electron chi connectivity index (χ0n) is 19.4. The van der Waals surface area contributed by atoms with Crippen molar-refractivity contribution in [3.05, 3.63) is 60.2 Å². The van der Waals surface area contributed by atoms with E-state index < -0.39 is 5.60 Å². The van der Waals surface area contributed by atoms with Crippen molar-refractivity contribution in [2.24, 2.45) is 0 Å². The van der Waals surface area contributed by atoms with Gasteiger partial charge in [-0.05, 0) is 43.9 Å². The van der Waals surface area contributed by atoms with Crippen molar-refractivity contribution in [1.29, 1.82) is 0 Å². The highest BCUT2D eigenvalue weighted by molar-refractivity contribution is 5.73. The SMILES string of the molecule is CC(=O)N1CCN(Cc2ccc(OCCN(C)C)cc2)CC(O)(COc2ccccc2)C1. The number of ether oxygens (including phenoxy) is 2. The van der Waals surface area contributed by atoms with Crippen LogP contribution >= 0.6 is 0 Å². The molecule has 174 valence electrons. The summed E-state index contributed by atoms with van der Waals surface area (Å²) >= 11 is 0. The Hall–Kier alpha value is -2.61. The first-order chi connectivity index (χ1) is 15.3. The standard InChI is InChI=1S/C25H35N3O4/c1-21(29)28-14-13-27(17-22-9-11-24(12-10-22)31-16-15-26(2)3)18-25(30,19-28)20-32-23-7-5-4-6-8-23/h4-12,30H,13-20H2,1-3H3. The lowest BCUT2D eigenvalue weighted by atomic mass is 10.0. The van der Waals surface area contributed by atoms with Gasteiger partial charge in [0.25, 0.3) is 0 Å². The third kappa shape index (κ3) is 7.51. The predicted molar refractivity (Wildman–Crippen MR) is 125 cm³/mol. The Morgan fingerprint density at radius 2 is 1.69 bits per heavy atom. The minimum Gasteiger partial charge on any atom is -0.492 e. The van der Waals surface area contributed by atoms with E-state index in [1.807, 2.05) is 56.6 Å². The molecule has 0 aliphatic carbocycles. The fraction of sp³-hybridized carbons (Fsp3) is 0.480. The van der Waals surface area contributed by atoms with Crippen molar-refractivity contribution in [2.45, 2.75) is 19.1 Å². The summed E-state index contributed by atoms with van der Waals surface area (Å²) in [5, 5.41) is 11.4. The normalized spacial score (nSPS) is 19.6. The topological polar surface area (TPSA) is 65.5 Å². The molecule has 1 aliphatic heterocycles. The van der Waals surface area contributed by atoms with Gasteiger partial charge in [0.1, 0.15) is 30.3 Å². The number of hydrogen-bond acceptors (Lipinski definition) is 6. The fourth-order valence-electron chi connectivity index (χ4n) is 3.77. The minimum atomic E-state index is -1.16. The second-order valence-electron chi connectivity index (χ2n) is 8.77. The molecule has 7 heteroatoms. The van der Waals surface area contributed by atoms with Gasteiger partial charge in [-0.2, -0.15) is 0 Å². The van der Waals surface area contributed by atoms with E-state index >= 15 is 0 Å². The highest BCUT2D eigenvalue weighted by Gasteiger charge is 2.36. The van der Waals surface area contributed by atoms with Crippen LogP contribution in [0.3, 0.4) is 0 Å². The number of benzene rings is 2. The number of likely N-dealkylation sites (N-methyl/N-ethyl adjacent to an activating group) is 1. The smallest absolute Gasteiger partial charge is 0.219 e. The Bertz CT molecular complexity index is 844. The summed E-state index contributed by atoms with van der Waals surface area (Å²) in [6.07, 6.45) is 0. The number of hydrogen-bond donors (Lipinski definition) is 1. The first kappa shape index (κ1) is 24.0. The van der Waals surface area contributed by atoms with Crippen molar-refractivity contribution in [1.82, 2.24) is 14.7 Å². The van der Waals surface area contributed by atoms with Crippen LogP contribution in [0.4, 0.5) is 0 Å². The van der Waals surface area contributed by atoms with E-state index in [4.69, 9.17) is 9.47 Å². The van der Waals surface area contributed by atoms with Gasteiger partial charge in [0.2, 0.25) is 5.91 Å². The molecule has 1 unspecified atom stereocenters. The first-order valence-electron chi connectivity index (χ1n) is 11.1. The van der Waals surface area contributed by atoms with Gasteiger partial charge < -0.3 is 24.4 Å². The minimum absolute atomic E-state index is 0.0378. The van der Waals surface area contributed by atoms with Crippen LogP contribution in [0.25, 0.3) is 0 Å². The van der Waals surface area contributed by atoms with E-state index in [2.05, 4.69) is 21.9 Å². The molecule has 2 aromatic rings. The highest BCUT2D eigenvalue weighted by Crippen LogP contribution is 2.20. The van der Waals surface area contributed by atoms with Gasteiger partial charge in [0.05, 0.1) is 6.54 Å². The molecule has 1 amide bonds. The summed E-state index contributed by atoms with van der Waals surface area (Å²) in [5.41, 5.74) is -0.0275. The number of nitrogens with zero attached hydrogens (tertiary/aromatic N) is 3. The molecule has 3 rings (SSSR count). The summed E-state index contributed by atoms with van der Waals surface area (Å²) in [6.45, 7) is 5.80. The van der Waals surface area contributed by atoms with Gasteiger partial charge >= 0.3 is 0 Å². The molecule has 7 nitrogen and oxygen atoms in total. The van der Waals surface area contributed by atoms with Crippen LogP contribution in [0.1, 0.15) is 12.5 Å². The van der Waals surface area contributed by atoms with Crippen LogP contribution in [0.15, 0.2) is 54.6 Å². The van der Waals surface area contributed by atoms with Gasteiger partial charge in [-0.1, -0.05) is 30.3 Å². The number of carbonyl (C=O) groups is 1. The van der Waals surface area contributed by atoms with Crippen LogP contribution in [0, 0.1) is 0 Å². The lowest BCUT2D eigenvalue weighted by molar-refractivity contribution is -0.132. The van der Waals surface area contributed by atoms with E-state index in [0.29, 0.717) is 38.5 Å².